The zero-order valence-electron chi connectivity index (χ0n) is 24.5. The molecule has 0 fully saturated rings. The first kappa shape index (κ1) is 29.7. The Kier molecular flexibility index (Phi) is 10.0. The van der Waals surface area contributed by atoms with Gasteiger partial charge in [-0.15, -0.1) is 5.10 Å². The molecule has 0 aliphatic rings. The molecule has 1 aromatic heterocycles. The molecule has 0 aliphatic carbocycles. The van der Waals surface area contributed by atoms with Crippen LogP contribution in [-0.2, 0) is 13.0 Å². The summed E-state index contributed by atoms with van der Waals surface area (Å²) >= 11 is 1.73. The molecule has 4 rings (SSSR count). The lowest BCUT2D eigenvalue weighted by Gasteiger charge is -2.17. The highest BCUT2D eigenvalue weighted by Gasteiger charge is 2.15. The molecule has 0 amide bonds. The van der Waals surface area contributed by atoms with Gasteiger partial charge in [0.1, 0.15) is 5.03 Å². The van der Waals surface area contributed by atoms with Gasteiger partial charge in [-0.3, -0.25) is 0 Å². The molecule has 0 atom stereocenters. The second kappa shape index (κ2) is 13.9. The van der Waals surface area contributed by atoms with Gasteiger partial charge in [0.05, 0.1) is 0 Å². The van der Waals surface area contributed by atoms with Crippen LogP contribution in [0.3, 0.4) is 0 Å². The Morgan fingerprint density at radius 1 is 0.927 bits per heavy atom. The monoisotopic (exact) mass is 559 g/mol. The van der Waals surface area contributed by atoms with Gasteiger partial charge in [-0.2, -0.15) is 5.10 Å². The number of aromatic nitrogens is 1. The summed E-state index contributed by atoms with van der Waals surface area (Å²) in [5, 5.41) is 12.3. The molecular weight excluding hydrogens is 522 g/mol. The maximum atomic E-state index is 4.81. The van der Waals surface area contributed by atoms with E-state index in [0.29, 0.717) is 12.4 Å². The van der Waals surface area contributed by atoms with E-state index in [-0.39, 0.29) is 0 Å². The number of nitrogens with one attached hydrogen (secondary N) is 1. The third kappa shape index (κ3) is 7.47. The van der Waals surface area contributed by atoms with Crippen LogP contribution in [0.5, 0.6) is 0 Å². The lowest BCUT2D eigenvalue weighted by atomic mass is 9.94. The van der Waals surface area contributed by atoms with Crippen LogP contribution >= 0.6 is 11.8 Å². The van der Waals surface area contributed by atoms with Crippen molar-refractivity contribution in [1.82, 2.24) is 10.3 Å². The van der Waals surface area contributed by atoms with Crippen molar-refractivity contribution in [3.05, 3.63) is 118 Å². The number of hydrogen-bond donors (Lipinski definition) is 1. The summed E-state index contributed by atoms with van der Waals surface area (Å²) in [5.41, 5.74) is 11.5. The van der Waals surface area contributed by atoms with E-state index in [4.69, 9.17) is 4.98 Å². The molecular formula is C35H37N5S. The average molecular weight is 560 g/mol. The fourth-order valence-electron chi connectivity index (χ4n) is 4.56. The Bertz CT molecular complexity index is 1600. The molecule has 5 nitrogen and oxygen atoms in total. The van der Waals surface area contributed by atoms with Crippen molar-refractivity contribution in [1.29, 1.82) is 0 Å². The van der Waals surface area contributed by atoms with Crippen LogP contribution in [-0.4, -0.2) is 23.8 Å². The Morgan fingerprint density at radius 3 is 2.32 bits per heavy atom. The molecule has 0 saturated heterocycles. The van der Waals surface area contributed by atoms with E-state index in [1.807, 2.05) is 37.4 Å². The quantitative estimate of drug-likeness (QED) is 0.120. The molecule has 6 heteroatoms. The number of nitrogens with zero attached hydrogens (tertiary/aromatic N) is 4. The molecule has 1 heterocycles. The highest BCUT2D eigenvalue weighted by atomic mass is 32.2. The van der Waals surface area contributed by atoms with Crippen LogP contribution < -0.4 is 5.32 Å². The molecule has 0 saturated carbocycles. The van der Waals surface area contributed by atoms with E-state index in [9.17, 15) is 0 Å². The highest BCUT2D eigenvalue weighted by molar-refractivity contribution is 7.99. The second-order valence-electron chi connectivity index (χ2n) is 9.94. The fourth-order valence-corrected chi connectivity index (χ4v) is 5.62. The van der Waals surface area contributed by atoms with E-state index in [0.717, 1.165) is 33.8 Å². The first-order chi connectivity index (χ1) is 19.8. The maximum absolute atomic E-state index is 4.81. The van der Waals surface area contributed by atoms with Gasteiger partial charge in [0.2, 0.25) is 0 Å². The Balaban J connectivity index is 1.48. The van der Waals surface area contributed by atoms with Crippen molar-refractivity contribution >= 4 is 36.2 Å². The molecule has 0 spiro atoms. The molecule has 1 N–H and O–H groups in total. The summed E-state index contributed by atoms with van der Waals surface area (Å²) in [4.78, 5) is 10.0. The molecule has 208 valence electrons. The van der Waals surface area contributed by atoms with Crippen molar-refractivity contribution in [2.24, 2.45) is 15.2 Å². The third-order valence-electron chi connectivity index (χ3n) is 6.80. The zero-order valence-corrected chi connectivity index (χ0v) is 25.3. The SMILES string of the molecule is C=N/C(=N\N=C/C)c1ccc(CNC(=C)c2ccc(Sc3c(CC)cc(C)cc3-c3cc(C)ccc3C)nc2)cc1. The lowest BCUT2D eigenvalue weighted by molar-refractivity contribution is 0.889. The topological polar surface area (TPSA) is 62.0 Å². The molecule has 0 radical (unpaired) electrons. The second-order valence-corrected chi connectivity index (χ2v) is 11.0. The van der Waals surface area contributed by atoms with Crippen molar-refractivity contribution in [3.8, 4) is 11.1 Å². The van der Waals surface area contributed by atoms with Gasteiger partial charge in [-0.25, -0.2) is 9.98 Å². The van der Waals surface area contributed by atoms with Crippen LogP contribution in [0.2, 0.25) is 0 Å². The number of aryl methyl sites for hydroxylation is 4. The molecule has 0 bridgehead atoms. The Labute approximate surface area is 248 Å². The summed E-state index contributed by atoms with van der Waals surface area (Å²) in [6, 6.07) is 23.4. The van der Waals surface area contributed by atoms with Gasteiger partial charge in [-0.05, 0) is 80.8 Å². The summed E-state index contributed by atoms with van der Waals surface area (Å²) < 4.78 is 0. The van der Waals surface area contributed by atoms with Crippen molar-refractivity contribution in [2.45, 2.75) is 57.5 Å². The van der Waals surface area contributed by atoms with Crippen LogP contribution in [0.15, 0.2) is 105 Å². The molecule has 41 heavy (non-hydrogen) atoms. The van der Waals surface area contributed by atoms with Gasteiger partial charge in [0, 0.05) is 40.7 Å². The standard InChI is InChI=1S/C35H37N5S/c1-8-28-18-24(4)20-32(31-19-23(3)10-11-25(31)5)34(28)41-33-17-16-30(22-38-33)26(6)37-21-27-12-14-29(15-13-27)35(36-7)40-39-9-2/h9-20,22,37H,6-8,21H2,1-5H3/b39-9-,40-35-. The Morgan fingerprint density at radius 2 is 1.66 bits per heavy atom. The van der Waals surface area contributed by atoms with E-state index < -0.39 is 0 Å². The zero-order chi connectivity index (χ0) is 29.4. The molecule has 3 aromatic carbocycles. The molecule has 0 aliphatic heterocycles. The van der Waals surface area contributed by atoms with E-state index in [1.165, 1.54) is 38.3 Å². The summed E-state index contributed by atoms with van der Waals surface area (Å²) in [7, 11) is 0. The van der Waals surface area contributed by atoms with Gasteiger partial charge in [0.25, 0.3) is 0 Å². The van der Waals surface area contributed by atoms with Crippen LogP contribution in [0, 0.1) is 20.8 Å². The first-order valence-corrected chi connectivity index (χ1v) is 14.5. The maximum Gasteiger partial charge on any atom is 0.181 e. The number of amidine groups is 1. The largest absolute Gasteiger partial charge is 0.381 e. The number of pyridine rings is 1. The van der Waals surface area contributed by atoms with Crippen LogP contribution in [0.4, 0.5) is 0 Å². The van der Waals surface area contributed by atoms with Gasteiger partial charge >= 0.3 is 0 Å². The van der Waals surface area contributed by atoms with Crippen molar-refractivity contribution in [2.75, 3.05) is 0 Å². The summed E-state index contributed by atoms with van der Waals surface area (Å²) in [6.07, 6.45) is 4.47. The van der Waals surface area contributed by atoms with E-state index in [2.05, 4.69) is 104 Å². The number of benzene rings is 3. The minimum absolute atomic E-state index is 0.494. The predicted molar refractivity (Wildman–Crippen MR) is 176 cm³/mol. The highest BCUT2D eigenvalue weighted by Crippen LogP contribution is 2.40. The first-order valence-electron chi connectivity index (χ1n) is 13.7. The minimum Gasteiger partial charge on any atom is -0.381 e. The number of aliphatic imine (C=N–C) groups is 1. The van der Waals surface area contributed by atoms with E-state index in [1.54, 1.807) is 18.0 Å². The molecule has 0 unspecified atom stereocenters. The fraction of sp³-hybridized carbons (Fsp3) is 0.200. The molecule has 4 aromatic rings. The summed E-state index contributed by atoms with van der Waals surface area (Å²) in [5.74, 6) is 0.494. The smallest absolute Gasteiger partial charge is 0.181 e. The minimum atomic E-state index is 0.494. The lowest BCUT2D eigenvalue weighted by Crippen LogP contribution is -2.11. The van der Waals surface area contributed by atoms with Gasteiger partial charge < -0.3 is 5.32 Å². The normalized spacial score (nSPS) is 11.6. The average Bonchev–Trinajstić information content (AvgIpc) is 2.99. The van der Waals surface area contributed by atoms with Crippen LogP contribution in [0.25, 0.3) is 16.8 Å². The van der Waals surface area contributed by atoms with Crippen LogP contribution in [0.1, 0.15) is 52.8 Å². The third-order valence-corrected chi connectivity index (χ3v) is 7.94. The number of hydrogen-bond acceptors (Lipinski definition) is 5. The van der Waals surface area contributed by atoms with Gasteiger partial charge in [0.15, 0.2) is 5.84 Å². The van der Waals surface area contributed by atoms with Crippen molar-refractivity contribution < 1.29 is 0 Å². The Hall–Kier alpha value is -4.29. The van der Waals surface area contributed by atoms with E-state index >= 15 is 0 Å². The van der Waals surface area contributed by atoms with Gasteiger partial charge in [-0.1, -0.05) is 91.0 Å². The van der Waals surface area contributed by atoms with Crippen molar-refractivity contribution in [3.63, 3.8) is 0 Å². The predicted octanol–water partition coefficient (Wildman–Crippen LogP) is 8.60. The number of rotatable bonds is 10. The summed E-state index contributed by atoms with van der Waals surface area (Å²) in [6.45, 7) is 19.0.